The summed E-state index contributed by atoms with van der Waals surface area (Å²) in [7, 11) is 0. The summed E-state index contributed by atoms with van der Waals surface area (Å²) < 4.78 is 9.71. The molecule has 0 aliphatic rings. The number of hydrogen-bond donors (Lipinski definition) is 1. The van der Waals surface area contributed by atoms with E-state index >= 15 is 0 Å². The fourth-order valence-corrected chi connectivity index (χ4v) is 2.20. The maximum Gasteiger partial charge on any atom is 0.349 e. The lowest BCUT2D eigenvalue weighted by molar-refractivity contribution is -0.147. The third-order valence-electron chi connectivity index (χ3n) is 3.68. The highest BCUT2D eigenvalue weighted by Gasteiger charge is 2.13. The van der Waals surface area contributed by atoms with Gasteiger partial charge in [0.1, 0.15) is 30.6 Å². The first kappa shape index (κ1) is 21.8. The number of carbonyl (C=O) groups is 2. The van der Waals surface area contributed by atoms with Gasteiger partial charge in [-0.05, 0) is 39.0 Å². The molecule has 1 N–H and O–H groups in total. The van der Waals surface area contributed by atoms with E-state index in [0.29, 0.717) is 5.56 Å². The third-order valence-corrected chi connectivity index (χ3v) is 3.68. The quantitative estimate of drug-likeness (QED) is 0.308. The summed E-state index contributed by atoms with van der Waals surface area (Å²) in [5.74, 6) is -1.49. The summed E-state index contributed by atoms with van der Waals surface area (Å²) in [6.45, 7) is 10.2. The lowest BCUT2D eigenvalue weighted by atomic mass is 10.1. The maximum atomic E-state index is 12.0. The number of carbonyl (C=O) groups excluding carboxylic acids is 2. The second-order valence-electron chi connectivity index (χ2n) is 5.64. The van der Waals surface area contributed by atoms with Crippen molar-refractivity contribution in [1.29, 1.82) is 5.26 Å². The SMILES string of the molecule is C=C(C)C(=O)OCCOC(=O)C(C#N)=Cc1ccc(N(CC)CC)cc1O. The van der Waals surface area contributed by atoms with Crippen LogP contribution in [0.25, 0.3) is 6.08 Å². The fraction of sp³-hybridized carbons (Fsp3) is 0.350. The van der Waals surface area contributed by atoms with Gasteiger partial charge in [-0.3, -0.25) is 0 Å². The van der Waals surface area contributed by atoms with Crippen LogP contribution in [-0.2, 0) is 19.1 Å². The van der Waals surface area contributed by atoms with E-state index in [1.165, 1.54) is 13.0 Å². The number of phenolic OH excluding ortho intramolecular Hbond substituents is 1. The van der Waals surface area contributed by atoms with Crippen molar-refractivity contribution >= 4 is 23.7 Å². The highest BCUT2D eigenvalue weighted by molar-refractivity contribution is 5.98. The van der Waals surface area contributed by atoms with Gasteiger partial charge in [-0.15, -0.1) is 0 Å². The average molecular weight is 372 g/mol. The van der Waals surface area contributed by atoms with Gasteiger partial charge in [-0.1, -0.05) is 6.58 Å². The van der Waals surface area contributed by atoms with Crippen molar-refractivity contribution in [3.05, 3.63) is 41.5 Å². The van der Waals surface area contributed by atoms with E-state index in [1.807, 2.05) is 13.8 Å². The molecule has 0 bridgehead atoms. The van der Waals surface area contributed by atoms with Crippen LogP contribution in [0.15, 0.2) is 35.9 Å². The van der Waals surface area contributed by atoms with Crippen LogP contribution in [0.1, 0.15) is 26.3 Å². The Balaban J connectivity index is 2.79. The zero-order valence-electron chi connectivity index (χ0n) is 15.8. The van der Waals surface area contributed by atoms with Gasteiger partial charge >= 0.3 is 11.9 Å². The van der Waals surface area contributed by atoms with E-state index in [2.05, 4.69) is 11.5 Å². The standard InChI is InChI=1S/C20H24N2O5/c1-5-22(6-2)17-8-7-15(18(23)12-17)11-16(13-21)20(25)27-10-9-26-19(24)14(3)4/h7-8,11-12,23H,3,5-6,9-10H2,1-2,4H3. The molecule has 144 valence electrons. The van der Waals surface area contributed by atoms with Crippen molar-refractivity contribution in [2.75, 3.05) is 31.2 Å². The van der Waals surface area contributed by atoms with Gasteiger partial charge in [-0.2, -0.15) is 5.26 Å². The maximum absolute atomic E-state index is 12.0. The monoisotopic (exact) mass is 372 g/mol. The van der Waals surface area contributed by atoms with E-state index < -0.39 is 11.9 Å². The number of rotatable bonds is 9. The van der Waals surface area contributed by atoms with E-state index in [1.54, 1.807) is 24.3 Å². The Morgan fingerprint density at radius 1 is 1.22 bits per heavy atom. The van der Waals surface area contributed by atoms with Crippen molar-refractivity contribution < 1.29 is 24.2 Å². The zero-order valence-corrected chi connectivity index (χ0v) is 15.8. The smallest absolute Gasteiger partial charge is 0.349 e. The second kappa shape index (κ2) is 10.7. The minimum absolute atomic E-state index is 0.0460. The molecular formula is C20H24N2O5. The van der Waals surface area contributed by atoms with E-state index in [9.17, 15) is 20.0 Å². The average Bonchev–Trinajstić information content (AvgIpc) is 2.65. The number of phenols is 1. The van der Waals surface area contributed by atoms with Crippen LogP contribution in [0.3, 0.4) is 0 Å². The van der Waals surface area contributed by atoms with Crippen molar-refractivity contribution in [1.82, 2.24) is 0 Å². The lowest BCUT2D eigenvalue weighted by Crippen LogP contribution is -2.21. The molecule has 0 fully saturated rings. The summed E-state index contributed by atoms with van der Waals surface area (Å²) in [4.78, 5) is 25.2. The van der Waals surface area contributed by atoms with Crippen LogP contribution in [0.2, 0.25) is 0 Å². The van der Waals surface area contributed by atoms with Gasteiger partial charge in [0.15, 0.2) is 0 Å². The van der Waals surface area contributed by atoms with E-state index in [4.69, 9.17) is 9.47 Å². The molecule has 1 aromatic carbocycles. The number of nitriles is 1. The largest absolute Gasteiger partial charge is 0.507 e. The van der Waals surface area contributed by atoms with E-state index in [0.717, 1.165) is 18.8 Å². The van der Waals surface area contributed by atoms with Crippen LogP contribution in [0, 0.1) is 11.3 Å². The molecule has 1 rings (SSSR count). The van der Waals surface area contributed by atoms with Gasteiger partial charge in [0.25, 0.3) is 0 Å². The van der Waals surface area contributed by atoms with Gasteiger partial charge in [0.05, 0.1) is 0 Å². The number of ether oxygens (including phenoxy) is 2. The first-order valence-corrected chi connectivity index (χ1v) is 8.53. The number of anilines is 1. The molecule has 0 unspecified atom stereocenters. The molecule has 0 aliphatic heterocycles. The predicted molar refractivity (Wildman–Crippen MR) is 102 cm³/mol. The van der Waals surface area contributed by atoms with Crippen molar-refractivity contribution in [2.24, 2.45) is 0 Å². The lowest BCUT2D eigenvalue weighted by Gasteiger charge is -2.21. The number of nitrogens with zero attached hydrogens (tertiary/aromatic N) is 2. The molecule has 7 nitrogen and oxygen atoms in total. The molecule has 0 saturated carbocycles. The molecule has 0 radical (unpaired) electrons. The Kier molecular flexibility index (Phi) is 8.60. The van der Waals surface area contributed by atoms with Crippen LogP contribution >= 0.6 is 0 Å². The summed E-state index contributed by atoms with van der Waals surface area (Å²) >= 11 is 0. The summed E-state index contributed by atoms with van der Waals surface area (Å²) in [5, 5.41) is 19.4. The molecule has 0 atom stereocenters. The third kappa shape index (κ3) is 6.51. The van der Waals surface area contributed by atoms with Crippen molar-refractivity contribution in [3.8, 4) is 11.8 Å². The fourth-order valence-electron chi connectivity index (χ4n) is 2.20. The molecule has 0 spiro atoms. The number of esters is 2. The van der Waals surface area contributed by atoms with Gasteiger partial charge < -0.3 is 19.5 Å². The summed E-state index contributed by atoms with van der Waals surface area (Å²) in [6.07, 6.45) is 1.25. The molecule has 27 heavy (non-hydrogen) atoms. The highest BCUT2D eigenvalue weighted by atomic mass is 16.6. The van der Waals surface area contributed by atoms with Crippen LogP contribution < -0.4 is 4.90 Å². The number of aromatic hydroxyl groups is 1. The summed E-state index contributed by atoms with van der Waals surface area (Å²) in [5.41, 5.74) is 1.14. The van der Waals surface area contributed by atoms with Crippen molar-refractivity contribution in [2.45, 2.75) is 20.8 Å². The first-order chi connectivity index (χ1) is 12.8. The number of benzene rings is 1. The molecular weight excluding hydrogens is 348 g/mol. The first-order valence-electron chi connectivity index (χ1n) is 8.53. The van der Waals surface area contributed by atoms with Crippen LogP contribution in [0.5, 0.6) is 5.75 Å². The molecule has 0 saturated heterocycles. The molecule has 0 aromatic heterocycles. The Morgan fingerprint density at radius 3 is 2.30 bits per heavy atom. The Labute approximate surface area is 159 Å². The Morgan fingerprint density at radius 2 is 1.81 bits per heavy atom. The molecule has 0 heterocycles. The Bertz CT molecular complexity index is 773. The highest BCUT2D eigenvalue weighted by Crippen LogP contribution is 2.26. The summed E-state index contributed by atoms with van der Waals surface area (Å²) in [6, 6.07) is 6.76. The van der Waals surface area contributed by atoms with Crippen molar-refractivity contribution in [3.63, 3.8) is 0 Å². The van der Waals surface area contributed by atoms with Gasteiger partial charge in [-0.25, -0.2) is 9.59 Å². The zero-order chi connectivity index (χ0) is 20.4. The van der Waals surface area contributed by atoms with E-state index in [-0.39, 0.29) is 30.1 Å². The molecule has 0 aliphatic carbocycles. The minimum Gasteiger partial charge on any atom is -0.507 e. The van der Waals surface area contributed by atoms with Crippen LogP contribution in [-0.4, -0.2) is 43.3 Å². The normalized spacial score (nSPS) is 10.7. The van der Waals surface area contributed by atoms with Crippen LogP contribution in [0.4, 0.5) is 5.69 Å². The van der Waals surface area contributed by atoms with Gasteiger partial charge in [0, 0.05) is 36.0 Å². The van der Waals surface area contributed by atoms with Gasteiger partial charge in [0.2, 0.25) is 0 Å². The predicted octanol–water partition coefficient (Wildman–Crippen LogP) is 2.81. The number of hydrogen-bond acceptors (Lipinski definition) is 7. The molecule has 1 aromatic rings. The Hall–Kier alpha value is -3.27. The molecule has 0 amide bonds. The topological polar surface area (TPSA) is 99.9 Å². The minimum atomic E-state index is -0.865. The second-order valence-corrected chi connectivity index (χ2v) is 5.64. The molecule has 7 heteroatoms.